The zero-order valence-corrected chi connectivity index (χ0v) is 10.2. The van der Waals surface area contributed by atoms with E-state index in [2.05, 4.69) is 5.32 Å². The zero-order valence-electron chi connectivity index (χ0n) is 10.2. The summed E-state index contributed by atoms with van der Waals surface area (Å²) < 4.78 is 4.91. The van der Waals surface area contributed by atoms with Crippen LogP contribution in [0.1, 0.15) is 26.7 Å². The van der Waals surface area contributed by atoms with Crippen LogP contribution in [0.2, 0.25) is 0 Å². The van der Waals surface area contributed by atoms with Crippen LogP contribution < -0.4 is 5.32 Å². The SMILES string of the molecule is CCOC(=O)C1CCCN1C(=O)CNC(C)=O. The summed E-state index contributed by atoms with van der Waals surface area (Å²) in [7, 11) is 0. The van der Waals surface area contributed by atoms with E-state index in [0.29, 0.717) is 19.6 Å². The van der Waals surface area contributed by atoms with Crippen LogP contribution in [-0.4, -0.2) is 48.4 Å². The quantitative estimate of drug-likeness (QED) is 0.685. The summed E-state index contributed by atoms with van der Waals surface area (Å²) in [4.78, 5) is 35.6. The molecular weight excluding hydrogens is 224 g/mol. The molecule has 96 valence electrons. The number of likely N-dealkylation sites (tertiary alicyclic amines) is 1. The van der Waals surface area contributed by atoms with Crippen LogP contribution in [0, 0.1) is 0 Å². The van der Waals surface area contributed by atoms with Gasteiger partial charge in [0.15, 0.2) is 0 Å². The molecule has 0 aliphatic carbocycles. The molecule has 6 heteroatoms. The maximum absolute atomic E-state index is 11.8. The predicted octanol–water partition coefficient (Wildman–Crippen LogP) is -0.323. The number of carbonyl (C=O) groups excluding carboxylic acids is 3. The Morgan fingerprint density at radius 2 is 2.12 bits per heavy atom. The van der Waals surface area contributed by atoms with Gasteiger partial charge in [0.25, 0.3) is 0 Å². The lowest BCUT2D eigenvalue weighted by molar-refractivity contribution is -0.152. The van der Waals surface area contributed by atoms with Crippen LogP contribution in [-0.2, 0) is 19.1 Å². The van der Waals surface area contributed by atoms with Gasteiger partial charge in [-0.15, -0.1) is 0 Å². The molecule has 1 aliphatic heterocycles. The van der Waals surface area contributed by atoms with Gasteiger partial charge in [-0.25, -0.2) is 4.79 Å². The Morgan fingerprint density at radius 1 is 1.41 bits per heavy atom. The second kappa shape index (κ2) is 6.22. The first-order valence-electron chi connectivity index (χ1n) is 5.76. The van der Waals surface area contributed by atoms with Gasteiger partial charge in [0.1, 0.15) is 6.04 Å². The Balaban J connectivity index is 2.53. The van der Waals surface area contributed by atoms with E-state index >= 15 is 0 Å². The van der Waals surface area contributed by atoms with Gasteiger partial charge in [0.05, 0.1) is 13.2 Å². The molecule has 17 heavy (non-hydrogen) atoms. The van der Waals surface area contributed by atoms with Crippen molar-refractivity contribution in [3.63, 3.8) is 0 Å². The van der Waals surface area contributed by atoms with Crippen molar-refractivity contribution in [3.8, 4) is 0 Å². The smallest absolute Gasteiger partial charge is 0.328 e. The minimum Gasteiger partial charge on any atom is -0.464 e. The van der Waals surface area contributed by atoms with Gasteiger partial charge >= 0.3 is 5.97 Å². The summed E-state index contributed by atoms with van der Waals surface area (Å²) in [5.41, 5.74) is 0. The highest BCUT2D eigenvalue weighted by molar-refractivity contribution is 5.88. The highest BCUT2D eigenvalue weighted by Gasteiger charge is 2.34. The summed E-state index contributed by atoms with van der Waals surface area (Å²) >= 11 is 0. The zero-order chi connectivity index (χ0) is 12.8. The fourth-order valence-corrected chi connectivity index (χ4v) is 1.85. The van der Waals surface area contributed by atoms with Gasteiger partial charge in [0.2, 0.25) is 11.8 Å². The topological polar surface area (TPSA) is 75.7 Å². The molecule has 0 spiro atoms. The van der Waals surface area contributed by atoms with E-state index < -0.39 is 6.04 Å². The number of nitrogens with one attached hydrogen (secondary N) is 1. The number of carbonyl (C=O) groups is 3. The van der Waals surface area contributed by atoms with Crippen molar-refractivity contribution in [2.75, 3.05) is 19.7 Å². The van der Waals surface area contributed by atoms with Crippen LogP contribution in [0.3, 0.4) is 0 Å². The average Bonchev–Trinajstić information content (AvgIpc) is 2.75. The number of hydrogen-bond donors (Lipinski definition) is 1. The molecule has 1 atom stereocenters. The Hall–Kier alpha value is -1.59. The molecule has 0 aromatic rings. The normalized spacial score (nSPS) is 18.9. The molecule has 1 heterocycles. The number of nitrogens with zero attached hydrogens (tertiary/aromatic N) is 1. The molecule has 0 saturated carbocycles. The van der Waals surface area contributed by atoms with Crippen molar-refractivity contribution >= 4 is 17.8 Å². The van der Waals surface area contributed by atoms with Gasteiger partial charge in [-0.2, -0.15) is 0 Å². The molecule has 0 aromatic heterocycles. The maximum atomic E-state index is 11.8. The molecule has 1 unspecified atom stereocenters. The van der Waals surface area contributed by atoms with Crippen molar-refractivity contribution in [2.45, 2.75) is 32.7 Å². The van der Waals surface area contributed by atoms with Crippen LogP contribution in [0.5, 0.6) is 0 Å². The van der Waals surface area contributed by atoms with Crippen molar-refractivity contribution in [2.24, 2.45) is 0 Å². The van der Waals surface area contributed by atoms with E-state index in [-0.39, 0.29) is 24.3 Å². The van der Waals surface area contributed by atoms with E-state index in [0.717, 1.165) is 6.42 Å². The van der Waals surface area contributed by atoms with E-state index in [1.807, 2.05) is 0 Å². The van der Waals surface area contributed by atoms with Crippen molar-refractivity contribution in [1.29, 1.82) is 0 Å². The highest BCUT2D eigenvalue weighted by atomic mass is 16.5. The fraction of sp³-hybridized carbons (Fsp3) is 0.727. The number of amides is 2. The minimum absolute atomic E-state index is 0.0642. The molecule has 1 N–H and O–H groups in total. The monoisotopic (exact) mass is 242 g/mol. The van der Waals surface area contributed by atoms with Crippen LogP contribution >= 0.6 is 0 Å². The lowest BCUT2D eigenvalue weighted by atomic mass is 10.2. The lowest BCUT2D eigenvalue weighted by Crippen LogP contribution is -2.45. The largest absolute Gasteiger partial charge is 0.464 e. The first-order chi connectivity index (χ1) is 8.06. The van der Waals surface area contributed by atoms with Gasteiger partial charge in [0, 0.05) is 13.5 Å². The molecule has 1 fully saturated rings. The van der Waals surface area contributed by atoms with Crippen molar-refractivity contribution < 1.29 is 19.1 Å². The van der Waals surface area contributed by atoms with Gasteiger partial charge in [-0.05, 0) is 19.8 Å². The van der Waals surface area contributed by atoms with Crippen LogP contribution in [0.25, 0.3) is 0 Å². The second-order valence-electron chi connectivity index (χ2n) is 3.91. The third-order valence-electron chi connectivity index (χ3n) is 2.62. The van der Waals surface area contributed by atoms with Crippen LogP contribution in [0.15, 0.2) is 0 Å². The van der Waals surface area contributed by atoms with Crippen molar-refractivity contribution in [3.05, 3.63) is 0 Å². The summed E-state index contributed by atoms with van der Waals surface area (Å²) in [5.74, 6) is -0.859. The molecule has 1 rings (SSSR count). The van der Waals surface area contributed by atoms with Gasteiger partial charge < -0.3 is 15.0 Å². The third-order valence-corrected chi connectivity index (χ3v) is 2.62. The van der Waals surface area contributed by atoms with E-state index in [1.54, 1.807) is 6.92 Å². The van der Waals surface area contributed by atoms with Crippen molar-refractivity contribution in [1.82, 2.24) is 10.2 Å². The molecule has 1 saturated heterocycles. The lowest BCUT2D eigenvalue weighted by Gasteiger charge is -2.23. The molecule has 2 amide bonds. The average molecular weight is 242 g/mol. The molecule has 1 aliphatic rings. The number of rotatable bonds is 4. The summed E-state index contributed by atoms with van der Waals surface area (Å²) in [6.45, 7) is 3.87. The minimum atomic E-state index is -0.490. The Bertz CT molecular complexity index is 317. The van der Waals surface area contributed by atoms with Gasteiger partial charge in [-0.3, -0.25) is 9.59 Å². The maximum Gasteiger partial charge on any atom is 0.328 e. The van der Waals surface area contributed by atoms with E-state index in [4.69, 9.17) is 4.74 Å². The highest BCUT2D eigenvalue weighted by Crippen LogP contribution is 2.18. The number of ether oxygens (including phenoxy) is 1. The van der Waals surface area contributed by atoms with E-state index in [9.17, 15) is 14.4 Å². The Morgan fingerprint density at radius 3 is 2.71 bits per heavy atom. The molecule has 0 aromatic carbocycles. The summed E-state index contributed by atoms with van der Waals surface area (Å²) in [5, 5.41) is 2.43. The Labute approximate surface area is 100 Å². The molecule has 0 radical (unpaired) electrons. The first kappa shape index (κ1) is 13.5. The third kappa shape index (κ3) is 3.72. The first-order valence-corrected chi connectivity index (χ1v) is 5.76. The number of esters is 1. The van der Waals surface area contributed by atoms with Gasteiger partial charge in [-0.1, -0.05) is 0 Å². The molecule has 0 bridgehead atoms. The molecule has 6 nitrogen and oxygen atoms in total. The molecular formula is C11H18N2O4. The second-order valence-corrected chi connectivity index (χ2v) is 3.91. The summed E-state index contributed by atoms with van der Waals surface area (Å²) in [6, 6.07) is -0.490. The Kier molecular flexibility index (Phi) is 4.93. The fourth-order valence-electron chi connectivity index (χ4n) is 1.85. The summed E-state index contributed by atoms with van der Waals surface area (Å²) in [6.07, 6.45) is 1.42. The van der Waals surface area contributed by atoms with Crippen LogP contribution in [0.4, 0.5) is 0 Å². The standard InChI is InChI=1S/C11H18N2O4/c1-3-17-11(16)9-5-4-6-13(9)10(15)7-12-8(2)14/h9H,3-7H2,1-2H3,(H,12,14). The predicted molar refractivity (Wildman–Crippen MR) is 60.1 cm³/mol. The van der Waals surface area contributed by atoms with E-state index in [1.165, 1.54) is 11.8 Å². The number of hydrogen-bond acceptors (Lipinski definition) is 4.